The second kappa shape index (κ2) is 10.0. The van der Waals surface area contributed by atoms with Crippen molar-refractivity contribution in [2.75, 3.05) is 16.2 Å². The second-order valence-corrected chi connectivity index (χ2v) is 10.8. The molecule has 10 heteroatoms. The normalized spacial score (nSPS) is 18.7. The van der Waals surface area contributed by atoms with Crippen LogP contribution in [0.2, 0.25) is 0 Å². The van der Waals surface area contributed by atoms with E-state index < -0.39 is 10.0 Å². The number of nitrogens with zero attached hydrogens (tertiary/aromatic N) is 4. The topological polar surface area (TPSA) is 117 Å². The highest BCUT2D eigenvalue weighted by Crippen LogP contribution is 2.29. The SMILES string of the molecule is CCCC1CCN1c1ncc(C(=O)NCc2cc(NS(=O)(=O)C3CCCC3)ccn2)nc1C. The van der Waals surface area contributed by atoms with Gasteiger partial charge in [0.2, 0.25) is 10.0 Å². The predicted molar refractivity (Wildman–Crippen MR) is 128 cm³/mol. The van der Waals surface area contributed by atoms with Crippen molar-refractivity contribution in [1.82, 2.24) is 20.3 Å². The summed E-state index contributed by atoms with van der Waals surface area (Å²) in [5.41, 5.74) is 2.00. The summed E-state index contributed by atoms with van der Waals surface area (Å²) in [6, 6.07) is 3.77. The largest absolute Gasteiger partial charge is 0.352 e. The number of aryl methyl sites for hydroxylation is 1. The molecule has 1 saturated heterocycles. The van der Waals surface area contributed by atoms with Gasteiger partial charge in [0, 0.05) is 18.8 Å². The zero-order valence-electron chi connectivity index (χ0n) is 19.2. The van der Waals surface area contributed by atoms with E-state index in [-0.39, 0.29) is 23.4 Å². The van der Waals surface area contributed by atoms with Crippen molar-refractivity contribution in [2.45, 2.75) is 76.6 Å². The van der Waals surface area contributed by atoms with E-state index in [1.165, 1.54) is 18.8 Å². The van der Waals surface area contributed by atoms with E-state index in [0.717, 1.165) is 43.7 Å². The fraction of sp³-hybridized carbons (Fsp3) is 0.565. The van der Waals surface area contributed by atoms with Gasteiger partial charge in [-0.3, -0.25) is 14.5 Å². The van der Waals surface area contributed by atoms with Crippen LogP contribution >= 0.6 is 0 Å². The van der Waals surface area contributed by atoms with Gasteiger partial charge in [-0.05, 0) is 44.7 Å². The average Bonchev–Trinajstić information content (AvgIpc) is 3.32. The summed E-state index contributed by atoms with van der Waals surface area (Å²) in [6.07, 6.45) is 9.75. The lowest BCUT2D eigenvalue weighted by Gasteiger charge is -2.42. The lowest BCUT2D eigenvalue weighted by molar-refractivity contribution is 0.0944. The van der Waals surface area contributed by atoms with E-state index in [0.29, 0.717) is 30.3 Å². The van der Waals surface area contributed by atoms with E-state index in [1.54, 1.807) is 12.1 Å². The molecule has 2 aromatic rings. The number of nitrogens with one attached hydrogen (secondary N) is 2. The van der Waals surface area contributed by atoms with E-state index in [1.807, 2.05) is 6.92 Å². The number of amides is 1. The first kappa shape index (κ1) is 23.4. The molecule has 178 valence electrons. The van der Waals surface area contributed by atoms with Gasteiger partial charge in [-0.2, -0.15) is 0 Å². The van der Waals surface area contributed by atoms with Crippen LogP contribution in [0.15, 0.2) is 24.5 Å². The van der Waals surface area contributed by atoms with E-state index >= 15 is 0 Å². The highest BCUT2D eigenvalue weighted by molar-refractivity contribution is 7.93. The molecule has 33 heavy (non-hydrogen) atoms. The van der Waals surface area contributed by atoms with Crippen LogP contribution in [0.5, 0.6) is 0 Å². The molecule has 0 aromatic carbocycles. The Morgan fingerprint density at radius 2 is 2.00 bits per heavy atom. The molecule has 1 aliphatic carbocycles. The van der Waals surface area contributed by atoms with Crippen molar-refractivity contribution in [2.24, 2.45) is 0 Å². The summed E-state index contributed by atoms with van der Waals surface area (Å²) >= 11 is 0. The van der Waals surface area contributed by atoms with Gasteiger partial charge in [0.05, 0.1) is 35.1 Å². The molecule has 2 aliphatic rings. The first-order chi connectivity index (χ1) is 15.9. The van der Waals surface area contributed by atoms with Crippen LogP contribution in [0, 0.1) is 6.92 Å². The maximum Gasteiger partial charge on any atom is 0.271 e. The molecule has 1 atom stereocenters. The van der Waals surface area contributed by atoms with Gasteiger partial charge in [0.15, 0.2) is 0 Å². The molecule has 2 N–H and O–H groups in total. The van der Waals surface area contributed by atoms with E-state index in [9.17, 15) is 13.2 Å². The Morgan fingerprint density at radius 3 is 2.67 bits per heavy atom. The lowest BCUT2D eigenvalue weighted by Crippen LogP contribution is -2.48. The number of hydrogen-bond donors (Lipinski definition) is 2. The minimum Gasteiger partial charge on any atom is -0.352 e. The molecule has 2 aromatic heterocycles. The highest BCUT2D eigenvalue weighted by atomic mass is 32.2. The third-order valence-electron chi connectivity index (χ3n) is 6.44. The summed E-state index contributed by atoms with van der Waals surface area (Å²) in [5, 5.41) is 2.46. The molecule has 1 aliphatic heterocycles. The minimum atomic E-state index is -3.41. The number of aromatic nitrogens is 3. The molecular weight excluding hydrogens is 440 g/mol. The van der Waals surface area contributed by atoms with Crippen molar-refractivity contribution in [3.05, 3.63) is 41.6 Å². The van der Waals surface area contributed by atoms with Crippen molar-refractivity contribution in [1.29, 1.82) is 0 Å². The monoisotopic (exact) mass is 472 g/mol. The quantitative estimate of drug-likeness (QED) is 0.576. The standard InChI is InChI=1S/C23H32N6O3S/c1-3-6-19-10-12-29(19)22-16(2)27-21(15-25-22)23(30)26-14-18-13-17(9-11-24-18)28-33(31,32)20-7-4-5-8-20/h9,11,13,15,19-20H,3-8,10,12,14H2,1-2H3,(H,24,28)(H,26,30). The number of sulfonamides is 1. The average molecular weight is 473 g/mol. The van der Waals surface area contributed by atoms with E-state index in [4.69, 9.17) is 0 Å². The maximum atomic E-state index is 12.6. The van der Waals surface area contributed by atoms with Gasteiger partial charge in [-0.1, -0.05) is 26.2 Å². The van der Waals surface area contributed by atoms with Crippen molar-refractivity contribution in [3.63, 3.8) is 0 Å². The van der Waals surface area contributed by atoms with Crippen molar-refractivity contribution < 1.29 is 13.2 Å². The van der Waals surface area contributed by atoms with Crippen LogP contribution < -0.4 is 14.9 Å². The van der Waals surface area contributed by atoms with Crippen LogP contribution in [0.3, 0.4) is 0 Å². The Hall–Kier alpha value is -2.75. The molecular formula is C23H32N6O3S. The zero-order chi connectivity index (χ0) is 23.4. The van der Waals surface area contributed by atoms with Gasteiger partial charge in [0.1, 0.15) is 11.5 Å². The Labute approximate surface area is 195 Å². The Balaban J connectivity index is 1.36. The molecule has 1 amide bonds. The van der Waals surface area contributed by atoms with Crippen LogP contribution in [-0.2, 0) is 16.6 Å². The summed E-state index contributed by atoms with van der Waals surface area (Å²) in [5.74, 6) is 0.504. The molecule has 1 saturated carbocycles. The predicted octanol–water partition coefficient (Wildman–Crippen LogP) is 3.17. The molecule has 1 unspecified atom stereocenters. The maximum absolute atomic E-state index is 12.6. The molecule has 0 bridgehead atoms. The molecule has 3 heterocycles. The Morgan fingerprint density at radius 1 is 1.21 bits per heavy atom. The summed E-state index contributed by atoms with van der Waals surface area (Å²) in [7, 11) is -3.41. The molecule has 2 fully saturated rings. The van der Waals surface area contributed by atoms with Crippen molar-refractivity contribution in [3.8, 4) is 0 Å². The minimum absolute atomic E-state index is 0.158. The fourth-order valence-corrected chi connectivity index (χ4v) is 6.14. The summed E-state index contributed by atoms with van der Waals surface area (Å²) < 4.78 is 27.7. The van der Waals surface area contributed by atoms with Gasteiger partial charge < -0.3 is 10.2 Å². The molecule has 0 radical (unpaired) electrons. The number of anilines is 2. The van der Waals surface area contributed by atoms with E-state index in [2.05, 4.69) is 36.8 Å². The zero-order valence-corrected chi connectivity index (χ0v) is 20.1. The number of hydrogen-bond acceptors (Lipinski definition) is 7. The Bertz CT molecular complexity index is 1100. The van der Waals surface area contributed by atoms with Crippen molar-refractivity contribution >= 4 is 27.4 Å². The van der Waals surface area contributed by atoms with Crippen LogP contribution in [0.4, 0.5) is 11.5 Å². The van der Waals surface area contributed by atoms with Gasteiger partial charge in [-0.15, -0.1) is 0 Å². The van der Waals surface area contributed by atoms with Crippen LogP contribution in [0.1, 0.15) is 73.7 Å². The van der Waals surface area contributed by atoms with Crippen LogP contribution in [-0.4, -0.2) is 47.1 Å². The lowest BCUT2D eigenvalue weighted by atomic mass is 9.98. The highest BCUT2D eigenvalue weighted by Gasteiger charge is 2.30. The molecule has 9 nitrogen and oxygen atoms in total. The molecule has 0 spiro atoms. The third kappa shape index (κ3) is 5.43. The first-order valence-corrected chi connectivity index (χ1v) is 13.3. The van der Waals surface area contributed by atoms with Gasteiger partial charge in [-0.25, -0.2) is 18.4 Å². The number of rotatable bonds is 9. The smallest absolute Gasteiger partial charge is 0.271 e. The number of pyridine rings is 1. The fourth-order valence-electron chi connectivity index (χ4n) is 4.57. The Kier molecular flexibility index (Phi) is 7.11. The second-order valence-electron chi connectivity index (χ2n) is 8.86. The summed E-state index contributed by atoms with van der Waals surface area (Å²) in [4.78, 5) is 28.1. The number of carbonyl (C=O) groups is 1. The first-order valence-electron chi connectivity index (χ1n) is 11.7. The van der Waals surface area contributed by atoms with Crippen LogP contribution in [0.25, 0.3) is 0 Å². The summed E-state index contributed by atoms with van der Waals surface area (Å²) in [6.45, 7) is 5.18. The number of carbonyl (C=O) groups excluding carboxylic acids is 1. The van der Waals surface area contributed by atoms with Gasteiger partial charge in [0.25, 0.3) is 5.91 Å². The third-order valence-corrected chi connectivity index (χ3v) is 8.31. The molecule has 4 rings (SSSR count). The van der Waals surface area contributed by atoms with Gasteiger partial charge >= 0.3 is 0 Å².